The largest absolute Gasteiger partial charge is 0.497 e. The van der Waals surface area contributed by atoms with Crippen LogP contribution in [0.5, 0.6) is 5.75 Å². The predicted molar refractivity (Wildman–Crippen MR) is 103 cm³/mol. The van der Waals surface area contributed by atoms with Gasteiger partial charge in [-0.3, -0.25) is 9.59 Å². The number of hydrogen-bond donors (Lipinski definition) is 1. The number of anilines is 2. The van der Waals surface area contributed by atoms with Gasteiger partial charge in [-0.2, -0.15) is 0 Å². The van der Waals surface area contributed by atoms with Crippen molar-refractivity contribution in [3.8, 4) is 5.75 Å². The van der Waals surface area contributed by atoms with Crippen LogP contribution in [0.4, 0.5) is 15.8 Å². The third-order valence-corrected chi connectivity index (χ3v) is 5.58. The van der Waals surface area contributed by atoms with Crippen molar-refractivity contribution in [2.45, 2.75) is 12.5 Å². The van der Waals surface area contributed by atoms with Crippen molar-refractivity contribution in [3.05, 3.63) is 54.3 Å². The van der Waals surface area contributed by atoms with E-state index in [-0.39, 0.29) is 23.9 Å². The molecule has 0 aliphatic carbocycles. The summed E-state index contributed by atoms with van der Waals surface area (Å²) in [6, 6.07) is 13.4. The lowest BCUT2D eigenvalue weighted by Gasteiger charge is -2.35. The van der Waals surface area contributed by atoms with Gasteiger partial charge in [0.05, 0.1) is 45.4 Å². The Hall–Kier alpha value is -2.93. The molecule has 7 heteroatoms. The van der Waals surface area contributed by atoms with Crippen LogP contribution in [0, 0.1) is 5.82 Å². The van der Waals surface area contributed by atoms with Gasteiger partial charge >= 0.3 is 0 Å². The number of benzene rings is 2. The van der Waals surface area contributed by atoms with Crippen molar-refractivity contribution < 1.29 is 23.6 Å². The van der Waals surface area contributed by atoms with Crippen LogP contribution >= 0.6 is 0 Å². The molecule has 0 saturated carbocycles. The molecule has 0 aromatic heterocycles. The molecule has 28 heavy (non-hydrogen) atoms. The Labute approximate surface area is 163 Å². The molecule has 2 amide bonds. The minimum atomic E-state index is -0.552. The topological polar surface area (TPSA) is 54.3 Å². The third kappa shape index (κ3) is 3.33. The molecular formula is C21H23FN3O3+. The summed E-state index contributed by atoms with van der Waals surface area (Å²) in [4.78, 5) is 29.7. The minimum Gasteiger partial charge on any atom is -0.497 e. The van der Waals surface area contributed by atoms with E-state index < -0.39 is 11.9 Å². The van der Waals surface area contributed by atoms with E-state index in [0.29, 0.717) is 0 Å². The highest BCUT2D eigenvalue weighted by atomic mass is 19.1. The number of nitrogens with one attached hydrogen (secondary N) is 1. The number of hydrogen-bond acceptors (Lipinski definition) is 4. The van der Waals surface area contributed by atoms with Crippen LogP contribution in [-0.4, -0.2) is 51.1 Å². The summed E-state index contributed by atoms with van der Waals surface area (Å²) < 4.78 is 19.3. The Morgan fingerprint density at radius 3 is 2.36 bits per heavy atom. The Bertz CT molecular complexity index is 879. The summed E-state index contributed by atoms with van der Waals surface area (Å²) in [6.07, 6.45) is 0.130. The smallest absolute Gasteiger partial charge is 0.292 e. The van der Waals surface area contributed by atoms with Gasteiger partial charge < -0.3 is 14.5 Å². The molecule has 1 N–H and O–H groups in total. The number of piperazine rings is 1. The van der Waals surface area contributed by atoms with Crippen molar-refractivity contribution in [1.82, 2.24) is 0 Å². The molecule has 2 aliphatic rings. The van der Waals surface area contributed by atoms with Gasteiger partial charge in [-0.05, 0) is 36.4 Å². The van der Waals surface area contributed by atoms with Gasteiger partial charge in [-0.25, -0.2) is 9.29 Å². The van der Waals surface area contributed by atoms with Crippen LogP contribution in [0.2, 0.25) is 0 Å². The fourth-order valence-electron chi connectivity index (χ4n) is 4.03. The molecule has 2 fully saturated rings. The molecule has 4 rings (SSSR count). The number of nitrogens with zero attached hydrogens (tertiary/aromatic N) is 2. The van der Waals surface area contributed by atoms with Crippen molar-refractivity contribution in [1.29, 1.82) is 0 Å². The van der Waals surface area contributed by atoms with Crippen LogP contribution in [-0.2, 0) is 9.59 Å². The first-order valence-electron chi connectivity index (χ1n) is 9.43. The minimum absolute atomic E-state index is 0.0521. The summed E-state index contributed by atoms with van der Waals surface area (Å²) in [7, 11) is 1.64. The van der Waals surface area contributed by atoms with Gasteiger partial charge in [0.2, 0.25) is 5.91 Å². The summed E-state index contributed by atoms with van der Waals surface area (Å²) >= 11 is 0. The highest BCUT2D eigenvalue weighted by Crippen LogP contribution is 2.25. The fourth-order valence-corrected chi connectivity index (χ4v) is 4.03. The average Bonchev–Trinajstić information content (AvgIpc) is 3.03. The summed E-state index contributed by atoms with van der Waals surface area (Å²) in [5.74, 6) is -0.367. The molecule has 0 spiro atoms. The molecule has 0 unspecified atom stereocenters. The van der Waals surface area contributed by atoms with E-state index in [1.807, 2.05) is 24.3 Å². The first kappa shape index (κ1) is 18.4. The van der Waals surface area contributed by atoms with E-state index in [2.05, 4.69) is 4.90 Å². The van der Waals surface area contributed by atoms with Gasteiger partial charge in [-0.15, -0.1) is 0 Å². The molecule has 2 heterocycles. The number of methoxy groups -OCH3 is 1. The first-order valence-corrected chi connectivity index (χ1v) is 9.43. The van der Waals surface area contributed by atoms with Crippen LogP contribution in [0.25, 0.3) is 0 Å². The SMILES string of the molecule is COc1ccc(N2CC[NH+]([C@H]3CC(=O)N(c4ccccc4F)C3=O)CC2)cc1. The number of ether oxygens (including phenoxy) is 1. The number of imide groups is 1. The molecule has 2 aromatic rings. The molecule has 0 bridgehead atoms. The number of carbonyl (C=O) groups excluding carboxylic acids is 2. The highest BCUT2D eigenvalue weighted by molar-refractivity contribution is 6.21. The van der Waals surface area contributed by atoms with E-state index in [1.54, 1.807) is 19.2 Å². The molecule has 2 aromatic carbocycles. The second kappa shape index (κ2) is 7.59. The Balaban J connectivity index is 1.43. The zero-order valence-electron chi connectivity index (χ0n) is 15.7. The number of amides is 2. The van der Waals surface area contributed by atoms with Gasteiger partial charge in [0.25, 0.3) is 5.91 Å². The molecule has 0 radical (unpaired) electrons. The predicted octanol–water partition coefficient (Wildman–Crippen LogP) is 0.871. The highest BCUT2D eigenvalue weighted by Gasteiger charge is 2.47. The Kier molecular flexibility index (Phi) is 5.00. The number of rotatable bonds is 4. The van der Waals surface area contributed by atoms with Crippen molar-refractivity contribution in [3.63, 3.8) is 0 Å². The maximum absolute atomic E-state index is 14.1. The molecule has 1 atom stereocenters. The quantitative estimate of drug-likeness (QED) is 0.795. The van der Waals surface area contributed by atoms with Crippen LogP contribution in [0.3, 0.4) is 0 Å². The number of carbonyl (C=O) groups is 2. The number of para-hydroxylation sites is 1. The average molecular weight is 384 g/mol. The van der Waals surface area contributed by atoms with Gasteiger partial charge in [0.1, 0.15) is 11.6 Å². The van der Waals surface area contributed by atoms with Crippen molar-refractivity contribution >= 4 is 23.2 Å². The lowest BCUT2D eigenvalue weighted by Crippen LogP contribution is -3.19. The first-order chi connectivity index (χ1) is 13.6. The lowest BCUT2D eigenvalue weighted by molar-refractivity contribution is -0.915. The Morgan fingerprint density at radius 1 is 1.04 bits per heavy atom. The Morgan fingerprint density at radius 2 is 1.71 bits per heavy atom. The number of halogens is 1. The van der Waals surface area contributed by atoms with Gasteiger partial charge in [0, 0.05) is 5.69 Å². The normalized spacial score (nSPS) is 20.7. The third-order valence-electron chi connectivity index (χ3n) is 5.58. The molecular weight excluding hydrogens is 361 g/mol. The zero-order chi connectivity index (χ0) is 19.7. The molecule has 2 saturated heterocycles. The fraction of sp³-hybridized carbons (Fsp3) is 0.333. The summed E-state index contributed by atoms with van der Waals surface area (Å²) in [5.41, 5.74) is 1.16. The second-order valence-corrected chi connectivity index (χ2v) is 7.12. The monoisotopic (exact) mass is 384 g/mol. The van der Waals surface area contributed by atoms with Crippen LogP contribution in [0.1, 0.15) is 6.42 Å². The standard InChI is InChI=1S/C21H22FN3O3/c1-28-16-8-6-15(7-9-16)23-10-12-24(13-11-23)19-14-20(26)25(21(19)27)18-5-3-2-4-17(18)22/h2-9,19H,10-14H2,1H3/p+1/t19-/m0/s1. The van der Waals surface area contributed by atoms with Crippen LogP contribution in [0.15, 0.2) is 48.5 Å². The molecule has 6 nitrogen and oxygen atoms in total. The van der Waals surface area contributed by atoms with Gasteiger partial charge in [0.15, 0.2) is 6.04 Å². The van der Waals surface area contributed by atoms with Crippen LogP contribution < -0.4 is 19.4 Å². The van der Waals surface area contributed by atoms with Crippen molar-refractivity contribution in [2.24, 2.45) is 0 Å². The molecule has 146 valence electrons. The summed E-state index contributed by atoms with van der Waals surface area (Å²) in [5, 5.41) is 0. The van der Waals surface area contributed by atoms with E-state index >= 15 is 0 Å². The zero-order valence-corrected chi connectivity index (χ0v) is 15.7. The second-order valence-electron chi connectivity index (χ2n) is 7.12. The summed E-state index contributed by atoms with van der Waals surface area (Å²) in [6.45, 7) is 3.08. The number of quaternary nitrogens is 1. The maximum atomic E-state index is 14.1. The van der Waals surface area contributed by atoms with E-state index in [0.717, 1.165) is 47.4 Å². The maximum Gasteiger partial charge on any atom is 0.292 e. The molecule has 2 aliphatic heterocycles. The lowest BCUT2D eigenvalue weighted by atomic mass is 10.1. The van der Waals surface area contributed by atoms with E-state index in [4.69, 9.17) is 4.74 Å². The van der Waals surface area contributed by atoms with Gasteiger partial charge in [-0.1, -0.05) is 12.1 Å². The van der Waals surface area contributed by atoms with E-state index in [9.17, 15) is 14.0 Å². The van der Waals surface area contributed by atoms with Crippen molar-refractivity contribution in [2.75, 3.05) is 43.1 Å². The van der Waals surface area contributed by atoms with E-state index in [1.165, 1.54) is 12.1 Å².